The zero-order chi connectivity index (χ0) is 22.8. The molecule has 0 aromatic carbocycles. The summed E-state index contributed by atoms with van der Waals surface area (Å²) < 4.78 is 17.0. The highest BCUT2D eigenvalue weighted by molar-refractivity contribution is 6.18. The molecule has 2 unspecified atom stereocenters. The highest BCUT2D eigenvalue weighted by Crippen LogP contribution is 2.14. The number of ether oxygens (including phenoxy) is 3. The fourth-order valence-electron chi connectivity index (χ4n) is 3.36. The van der Waals surface area contributed by atoms with E-state index in [4.69, 9.17) is 37.4 Å². The van der Waals surface area contributed by atoms with Crippen molar-refractivity contribution in [1.82, 2.24) is 0 Å². The molecule has 0 saturated heterocycles. The predicted octanol–water partition coefficient (Wildman–Crippen LogP) is 8.78. The minimum absolute atomic E-state index is 0.220. The van der Waals surface area contributed by atoms with Crippen LogP contribution in [-0.4, -0.2) is 38.6 Å². The van der Waals surface area contributed by atoms with Crippen molar-refractivity contribution in [3.63, 3.8) is 0 Å². The normalized spacial score (nSPS) is 14.1. The first kappa shape index (κ1) is 30.9. The zero-order valence-electron chi connectivity index (χ0n) is 20.2. The first-order chi connectivity index (χ1) is 15.3. The van der Waals surface area contributed by atoms with Crippen LogP contribution in [-0.2, 0) is 14.2 Å². The minimum atomic E-state index is -0.220. The van der Waals surface area contributed by atoms with Crippen molar-refractivity contribution in [2.75, 3.05) is 26.0 Å². The molecule has 0 radical (unpaired) electrons. The third-order valence-corrected chi connectivity index (χ3v) is 5.84. The average Bonchev–Trinajstić information content (AvgIpc) is 2.79. The van der Waals surface area contributed by atoms with Crippen LogP contribution >= 0.6 is 23.2 Å². The number of rotatable bonds is 24. The van der Waals surface area contributed by atoms with Crippen LogP contribution in [0.2, 0.25) is 0 Å². The lowest BCUT2D eigenvalue weighted by molar-refractivity contribution is -0.232. The second kappa shape index (κ2) is 26.2. The van der Waals surface area contributed by atoms with E-state index in [1.807, 2.05) is 0 Å². The molecule has 31 heavy (non-hydrogen) atoms. The van der Waals surface area contributed by atoms with E-state index in [0.717, 1.165) is 63.1 Å². The molecule has 0 fully saturated rings. The summed E-state index contributed by atoms with van der Waals surface area (Å²) in [5.41, 5.74) is 0. The third-order valence-electron chi connectivity index (χ3n) is 5.31. The van der Waals surface area contributed by atoms with Crippen molar-refractivity contribution < 1.29 is 14.2 Å². The number of methoxy groups -OCH3 is 2. The van der Waals surface area contributed by atoms with Gasteiger partial charge in [0.25, 0.3) is 0 Å². The van der Waals surface area contributed by atoms with E-state index in [-0.39, 0.29) is 12.6 Å². The molecule has 0 aromatic rings. The highest BCUT2D eigenvalue weighted by atomic mass is 35.5. The summed E-state index contributed by atoms with van der Waals surface area (Å²) in [5, 5.41) is 0. The van der Waals surface area contributed by atoms with E-state index in [1.54, 1.807) is 14.2 Å². The fourth-order valence-corrected chi connectivity index (χ4v) is 3.74. The Bertz CT molecular complexity index is 366. The molecule has 5 heteroatoms. The Hall–Kier alpha value is -0.0600. The molecule has 0 aromatic heterocycles. The second-order valence-electron chi connectivity index (χ2n) is 8.05. The molecule has 0 spiro atoms. The zero-order valence-corrected chi connectivity index (χ0v) is 21.7. The molecule has 0 amide bonds. The number of allylic oxidation sites excluding steroid dienone is 4. The van der Waals surface area contributed by atoms with Crippen molar-refractivity contribution in [1.29, 1.82) is 0 Å². The van der Waals surface area contributed by atoms with Gasteiger partial charge in [0.2, 0.25) is 0 Å². The van der Waals surface area contributed by atoms with E-state index < -0.39 is 0 Å². The monoisotopic (exact) mass is 478 g/mol. The molecule has 0 rings (SSSR count). The standard InChI is InChI=1S/C26H48Cl2O3/c1-29-25(21-17-13-9-5-3-7-11-15-19-23-27)31-26(30-2)22-18-14-10-6-4-8-12-16-20-24-28/h9-10,13-14,25-26H,3-8,11-12,15-24H2,1-2H3/b13-9+,14-10+. The van der Waals surface area contributed by atoms with Gasteiger partial charge in [0.15, 0.2) is 12.6 Å². The Morgan fingerprint density at radius 2 is 0.871 bits per heavy atom. The maximum atomic E-state index is 5.98. The van der Waals surface area contributed by atoms with Crippen LogP contribution in [0.4, 0.5) is 0 Å². The topological polar surface area (TPSA) is 27.7 Å². The highest BCUT2D eigenvalue weighted by Gasteiger charge is 2.14. The van der Waals surface area contributed by atoms with E-state index >= 15 is 0 Å². The van der Waals surface area contributed by atoms with Gasteiger partial charge in [-0.15, -0.1) is 23.2 Å². The summed E-state index contributed by atoms with van der Waals surface area (Å²) in [6.45, 7) is 0. The molecule has 0 aliphatic carbocycles. The SMILES string of the molecule is COC(CC/C=C/CCCCCCCCl)OC(CC/C=C/CCCCCCCCl)OC. The largest absolute Gasteiger partial charge is 0.356 e. The Morgan fingerprint density at radius 1 is 0.516 bits per heavy atom. The van der Waals surface area contributed by atoms with E-state index in [0.29, 0.717) is 0 Å². The van der Waals surface area contributed by atoms with Gasteiger partial charge in [-0.2, -0.15) is 0 Å². The van der Waals surface area contributed by atoms with Gasteiger partial charge in [0.05, 0.1) is 0 Å². The molecule has 3 nitrogen and oxygen atoms in total. The van der Waals surface area contributed by atoms with Crippen molar-refractivity contribution >= 4 is 23.2 Å². The molecule has 0 heterocycles. The minimum Gasteiger partial charge on any atom is -0.356 e. The maximum absolute atomic E-state index is 5.98. The van der Waals surface area contributed by atoms with Crippen LogP contribution in [0.25, 0.3) is 0 Å². The first-order valence-electron chi connectivity index (χ1n) is 12.4. The van der Waals surface area contributed by atoms with Gasteiger partial charge in [-0.05, 0) is 51.4 Å². The number of unbranched alkanes of at least 4 members (excludes halogenated alkanes) is 10. The third kappa shape index (κ3) is 22.9. The summed E-state index contributed by atoms with van der Waals surface area (Å²) in [7, 11) is 3.41. The number of hydrogen-bond acceptors (Lipinski definition) is 3. The van der Waals surface area contributed by atoms with Crippen LogP contribution < -0.4 is 0 Å². The average molecular weight is 480 g/mol. The Balaban J connectivity index is 3.77. The van der Waals surface area contributed by atoms with E-state index in [2.05, 4.69) is 24.3 Å². The van der Waals surface area contributed by atoms with E-state index in [9.17, 15) is 0 Å². The van der Waals surface area contributed by atoms with Crippen molar-refractivity contribution in [2.24, 2.45) is 0 Å². The predicted molar refractivity (Wildman–Crippen MR) is 136 cm³/mol. The Kier molecular flexibility index (Phi) is 26.1. The molecule has 2 atom stereocenters. The molecule has 0 aliphatic rings. The summed E-state index contributed by atoms with van der Waals surface area (Å²) in [6.07, 6.45) is 27.0. The van der Waals surface area contributed by atoms with Gasteiger partial charge >= 0.3 is 0 Å². The van der Waals surface area contributed by atoms with E-state index in [1.165, 1.54) is 51.4 Å². The number of hydrogen-bond donors (Lipinski definition) is 0. The lowest BCUT2D eigenvalue weighted by Gasteiger charge is -2.22. The van der Waals surface area contributed by atoms with Gasteiger partial charge in [-0.3, -0.25) is 0 Å². The van der Waals surface area contributed by atoms with Crippen LogP contribution in [0.1, 0.15) is 103 Å². The van der Waals surface area contributed by atoms with Crippen LogP contribution in [0.15, 0.2) is 24.3 Å². The molecular weight excluding hydrogens is 431 g/mol. The smallest absolute Gasteiger partial charge is 0.160 e. The van der Waals surface area contributed by atoms with Gasteiger partial charge < -0.3 is 14.2 Å². The molecule has 0 N–H and O–H groups in total. The molecule has 0 bridgehead atoms. The summed E-state index contributed by atoms with van der Waals surface area (Å²) in [6, 6.07) is 0. The van der Waals surface area contributed by atoms with Crippen molar-refractivity contribution in [3.05, 3.63) is 24.3 Å². The van der Waals surface area contributed by atoms with Crippen molar-refractivity contribution in [2.45, 2.75) is 115 Å². The van der Waals surface area contributed by atoms with Gasteiger partial charge in [-0.25, -0.2) is 0 Å². The summed E-state index contributed by atoms with van der Waals surface area (Å²) >= 11 is 11.4. The summed E-state index contributed by atoms with van der Waals surface area (Å²) in [4.78, 5) is 0. The second-order valence-corrected chi connectivity index (χ2v) is 8.81. The Labute approximate surface area is 202 Å². The van der Waals surface area contributed by atoms with Crippen LogP contribution in [0.3, 0.4) is 0 Å². The molecular formula is C26H48Cl2O3. The van der Waals surface area contributed by atoms with Gasteiger partial charge in [0.1, 0.15) is 0 Å². The van der Waals surface area contributed by atoms with Crippen LogP contribution in [0, 0.1) is 0 Å². The number of halogens is 2. The van der Waals surface area contributed by atoms with Gasteiger partial charge in [-0.1, -0.05) is 62.8 Å². The summed E-state index contributed by atoms with van der Waals surface area (Å²) in [5.74, 6) is 1.58. The maximum Gasteiger partial charge on any atom is 0.160 e. The number of alkyl halides is 2. The Morgan fingerprint density at radius 3 is 1.26 bits per heavy atom. The van der Waals surface area contributed by atoms with Crippen LogP contribution in [0.5, 0.6) is 0 Å². The fraction of sp³-hybridized carbons (Fsp3) is 0.846. The molecule has 0 aliphatic heterocycles. The van der Waals surface area contributed by atoms with Crippen molar-refractivity contribution in [3.8, 4) is 0 Å². The van der Waals surface area contributed by atoms with Gasteiger partial charge in [0, 0.05) is 38.8 Å². The lowest BCUT2D eigenvalue weighted by atomic mass is 10.1. The lowest BCUT2D eigenvalue weighted by Crippen LogP contribution is -2.25. The molecule has 184 valence electrons. The molecule has 0 saturated carbocycles. The quantitative estimate of drug-likeness (QED) is 0.0599. The first-order valence-corrected chi connectivity index (χ1v) is 13.5.